The van der Waals surface area contributed by atoms with Crippen LogP contribution in [0.5, 0.6) is 5.88 Å². The Morgan fingerprint density at radius 3 is 2.17 bits per heavy atom. The Labute approximate surface area is 308 Å². The van der Waals surface area contributed by atoms with Gasteiger partial charge in [0.1, 0.15) is 11.5 Å². The van der Waals surface area contributed by atoms with Crippen molar-refractivity contribution < 1.29 is 18.7 Å². The first kappa shape index (κ1) is 35.5. The van der Waals surface area contributed by atoms with Crippen molar-refractivity contribution in [1.29, 1.82) is 0 Å². The van der Waals surface area contributed by atoms with Gasteiger partial charge in [-0.2, -0.15) is 0 Å². The molecule has 14 heteroatoms. The molecule has 2 fully saturated rings. The van der Waals surface area contributed by atoms with Crippen LogP contribution in [0.1, 0.15) is 36.8 Å². The number of halogens is 3. The number of aromatic nitrogens is 3. The average molecular weight is 745 g/mol. The maximum atomic E-state index is 15.3. The number of nitrogens with one attached hydrogen (secondary N) is 4. The van der Waals surface area contributed by atoms with Gasteiger partial charge < -0.3 is 26.0 Å². The predicted octanol–water partition coefficient (Wildman–Crippen LogP) is 5.28. The number of benzene rings is 2. The first-order chi connectivity index (χ1) is 25.2. The summed E-state index contributed by atoms with van der Waals surface area (Å²) < 4.78 is 22.3. The lowest BCUT2D eigenvalue weighted by molar-refractivity contribution is -0.120. The van der Waals surface area contributed by atoms with Crippen molar-refractivity contribution in [2.24, 2.45) is 0 Å². The molecule has 0 aliphatic carbocycles. The number of carbonyl (C=O) groups is 2. The lowest BCUT2D eigenvalue weighted by Gasteiger charge is -2.16. The Morgan fingerprint density at radius 1 is 0.846 bits per heavy atom. The Hall–Kier alpha value is -4.88. The second kappa shape index (κ2) is 15.4. The van der Waals surface area contributed by atoms with Gasteiger partial charge in [0.2, 0.25) is 17.7 Å². The Balaban J connectivity index is 1.12. The third kappa shape index (κ3) is 7.51. The lowest BCUT2D eigenvalue weighted by atomic mass is 9.96. The Kier molecular flexibility index (Phi) is 10.5. The molecule has 5 heterocycles. The van der Waals surface area contributed by atoms with Crippen LogP contribution >= 0.6 is 23.2 Å². The van der Waals surface area contributed by atoms with E-state index in [1.807, 2.05) is 18.2 Å². The van der Waals surface area contributed by atoms with Crippen LogP contribution < -0.4 is 31.6 Å². The van der Waals surface area contributed by atoms with Gasteiger partial charge in [-0.15, -0.1) is 0 Å². The highest BCUT2D eigenvalue weighted by Gasteiger charge is 2.22. The van der Waals surface area contributed by atoms with Crippen molar-refractivity contribution in [3.63, 3.8) is 0 Å². The van der Waals surface area contributed by atoms with Gasteiger partial charge in [0, 0.05) is 96.9 Å². The Morgan fingerprint density at radius 2 is 1.50 bits per heavy atom. The van der Waals surface area contributed by atoms with Crippen LogP contribution in [0.25, 0.3) is 39.2 Å². The van der Waals surface area contributed by atoms with Crippen LogP contribution in [0.4, 0.5) is 4.39 Å². The van der Waals surface area contributed by atoms with Crippen molar-refractivity contribution in [2.75, 3.05) is 20.2 Å². The average Bonchev–Trinajstić information content (AvgIpc) is 3.76. The quantitative estimate of drug-likeness (QED) is 0.136. The standard InChI is InChI=1S/C38H36Cl2FN7O4/c1-52-37-22(16-42-19-25-6-9-33(49)45-25)5-8-31(47-37)30-15-24(41)14-29(36(30)40)28-4-2-3-27(35(28)39)21-11-12-48-32(13-21)44-18-23(38(48)51)17-43-20-26-7-10-34(50)46-26/h2-5,8,11-15,18,25-26,42-43H,6-7,9-10,16-17,19-20H2,1H3,(H,45,49)(H,46,50)/t25-,26+/m1/s1. The van der Waals surface area contributed by atoms with Crippen LogP contribution in [0.2, 0.25) is 10.0 Å². The molecule has 5 aromatic rings. The zero-order valence-electron chi connectivity index (χ0n) is 28.3. The number of methoxy groups -OCH3 is 1. The zero-order valence-corrected chi connectivity index (χ0v) is 29.8. The summed E-state index contributed by atoms with van der Waals surface area (Å²) in [6.45, 7) is 1.97. The molecule has 268 valence electrons. The fourth-order valence-corrected chi connectivity index (χ4v) is 7.33. The van der Waals surface area contributed by atoms with Gasteiger partial charge >= 0.3 is 0 Å². The summed E-state index contributed by atoms with van der Waals surface area (Å²) in [5.41, 5.74) is 4.59. The summed E-state index contributed by atoms with van der Waals surface area (Å²) in [6.07, 6.45) is 5.82. The molecule has 3 aromatic heterocycles. The molecular weight excluding hydrogens is 708 g/mol. The highest BCUT2D eigenvalue weighted by molar-refractivity contribution is 6.39. The summed E-state index contributed by atoms with van der Waals surface area (Å²) in [5.74, 6) is -0.0448. The van der Waals surface area contributed by atoms with E-state index in [9.17, 15) is 14.4 Å². The normalized spacial score (nSPS) is 17.1. The van der Waals surface area contributed by atoms with E-state index < -0.39 is 5.82 Å². The molecule has 2 amide bonds. The monoisotopic (exact) mass is 743 g/mol. The number of ether oxygens (including phenoxy) is 1. The fourth-order valence-electron chi connectivity index (χ4n) is 6.69. The van der Waals surface area contributed by atoms with Crippen LogP contribution in [0, 0.1) is 5.82 Å². The van der Waals surface area contributed by atoms with E-state index in [0.717, 1.165) is 18.4 Å². The van der Waals surface area contributed by atoms with E-state index in [-0.39, 0.29) is 34.5 Å². The van der Waals surface area contributed by atoms with Gasteiger partial charge in [-0.25, -0.2) is 14.4 Å². The maximum Gasteiger partial charge on any atom is 0.262 e. The van der Waals surface area contributed by atoms with Crippen LogP contribution in [0.3, 0.4) is 0 Å². The molecule has 2 saturated heterocycles. The van der Waals surface area contributed by atoms with Crippen LogP contribution in [0.15, 0.2) is 71.8 Å². The number of pyridine rings is 2. The largest absolute Gasteiger partial charge is 0.481 e. The topological polar surface area (TPSA) is 139 Å². The lowest BCUT2D eigenvalue weighted by Crippen LogP contribution is -2.36. The molecule has 0 spiro atoms. The summed E-state index contributed by atoms with van der Waals surface area (Å²) in [7, 11) is 1.52. The third-order valence-corrected chi connectivity index (χ3v) is 10.2. The minimum Gasteiger partial charge on any atom is -0.481 e. The van der Waals surface area contributed by atoms with Gasteiger partial charge in [-0.3, -0.25) is 18.8 Å². The van der Waals surface area contributed by atoms with Crippen molar-refractivity contribution >= 4 is 40.7 Å². The molecule has 2 aromatic carbocycles. The van der Waals surface area contributed by atoms with Crippen molar-refractivity contribution in [3.8, 4) is 39.4 Å². The molecule has 7 rings (SSSR count). The molecule has 52 heavy (non-hydrogen) atoms. The first-order valence-corrected chi connectivity index (χ1v) is 17.8. The molecular formula is C38H36Cl2FN7O4. The third-order valence-electron chi connectivity index (χ3n) is 9.41. The Bertz CT molecular complexity index is 2250. The fraction of sp³-hybridized carbons (Fsp3) is 0.289. The predicted molar refractivity (Wildman–Crippen MR) is 198 cm³/mol. The number of hydrogen-bond donors (Lipinski definition) is 4. The number of nitrogens with zero attached hydrogens (tertiary/aromatic N) is 3. The minimum absolute atomic E-state index is 0.0442. The van der Waals surface area contributed by atoms with E-state index in [0.29, 0.717) is 94.6 Å². The van der Waals surface area contributed by atoms with Gasteiger partial charge in [-0.1, -0.05) is 47.5 Å². The highest BCUT2D eigenvalue weighted by Crippen LogP contribution is 2.43. The smallest absolute Gasteiger partial charge is 0.262 e. The molecule has 2 atom stereocenters. The molecule has 11 nitrogen and oxygen atoms in total. The number of carbonyl (C=O) groups excluding carboxylic acids is 2. The molecule has 0 radical (unpaired) electrons. The second-order valence-electron chi connectivity index (χ2n) is 12.9. The van der Waals surface area contributed by atoms with Gasteiger partial charge in [0.25, 0.3) is 5.56 Å². The van der Waals surface area contributed by atoms with E-state index in [4.69, 9.17) is 27.9 Å². The first-order valence-electron chi connectivity index (χ1n) is 17.0. The summed E-state index contributed by atoms with van der Waals surface area (Å²) in [4.78, 5) is 45.4. The minimum atomic E-state index is -0.520. The molecule has 2 aliphatic heterocycles. The molecule has 2 aliphatic rings. The van der Waals surface area contributed by atoms with E-state index in [2.05, 4.69) is 31.2 Å². The van der Waals surface area contributed by atoms with Crippen LogP contribution in [-0.2, 0) is 22.7 Å². The van der Waals surface area contributed by atoms with E-state index in [1.54, 1.807) is 36.7 Å². The van der Waals surface area contributed by atoms with Gasteiger partial charge in [-0.05, 0) is 48.7 Å². The van der Waals surface area contributed by atoms with Gasteiger partial charge in [0.15, 0.2) is 0 Å². The maximum absolute atomic E-state index is 15.3. The molecule has 0 bridgehead atoms. The zero-order chi connectivity index (χ0) is 36.4. The van der Waals surface area contributed by atoms with Crippen molar-refractivity contribution in [3.05, 3.63) is 104 Å². The molecule has 0 unspecified atom stereocenters. The molecule has 4 N–H and O–H groups in total. The highest BCUT2D eigenvalue weighted by atomic mass is 35.5. The second-order valence-corrected chi connectivity index (χ2v) is 13.7. The van der Waals surface area contributed by atoms with Gasteiger partial charge in [0.05, 0.1) is 22.8 Å². The van der Waals surface area contributed by atoms with Crippen molar-refractivity contribution in [1.82, 2.24) is 35.6 Å². The SMILES string of the molecule is COc1nc(-c2cc(F)cc(-c3cccc(-c4ccn5c(=O)c(CNC[C@@H]6CCC(=O)N6)cnc5c4)c3Cl)c2Cl)ccc1CNC[C@H]1CCC(=O)N1. The number of rotatable bonds is 12. The number of hydrogen-bond acceptors (Lipinski definition) is 8. The summed E-state index contributed by atoms with van der Waals surface area (Å²) >= 11 is 14.0. The molecule has 0 saturated carbocycles. The summed E-state index contributed by atoms with van der Waals surface area (Å²) in [6, 6.07) is 15.4. The van der Waals surface area contributed by atoms with E-state index in [1.165, 1.54) is 23.6 Å². The number of amides is 2. The number of fused-ring (bicyclic) bond motifs is 1. The van der Waals surface area contributed by atoms with E-state index >= 15 is 4.39 Å². The van der Waals surface area contributed by atoms with Crippen molar-refractivity contribution in [2.45, 2.75) is 50.9 Å². The van der Waals surface area contributed by atoms with Crippen LogP contribution in [-0.4, -0.2) is 58.5 Å². The summed E-state index contributed by atoms with van der Waals surface area (Å²) in [5, 5.41) is 13.0.